The molecular formula is C6H10O2S2. The molecule has 0 N–H and O–H groups in total. The van der Waals surface area contributed by atoms with Crippen molar-refractivity contribution in [1.82, 2.24) is 0 Å². The fourth-order valence-corrected chi connectivity index (χ4v) is 0.491. The molecule has 0 aliphatic rings. The van der Waals surface area contributed by atoms with Crippen molar-refractivity contribution in [1.29, 1.82) is 0 Å². The number of hydrogen-bond donors (Lipinski definition) is 2. The van der Waals surface area contributed by atoms with Gasteiger partial charge in [-0.15, -0.1) is 25.3 Å². The minimum Gasteiger partial charge on any atom is -0.497 e. The van der Waals surface area contributed by atoms with Gasteiger partial charge in [-0.25, -0.2) is 0 Å². The van der Waals surface area contributed by atoms with Crippen LogP contribution in [0.2, 0.25) is 0 Å². The smallest absolute Gasteiger partial charge is 0.121 e. The van der Waals surface area contributed by atoms with E-state index < -0.39 is 0 Å². The maximum Gasteiger partial charge on any atom is 0.121 e. The Hall–Kier alpha value is -0.220. The summed E-state index contributed by atoms with van der Waals surface area (Å²) in [6.45, 7) is 1.05. The van der Waals surface area contributed by atoms with Crippen LogP contribution in [-0.2, 0) is 9.47 Å². The van der Waals surface area contributed by atoms with Gasteiger partial charge >= 0.3 is 0 Å². The summed E-state index contributed by atoms with van der Waals surface area (Å²) in [5, 5.41) is 3.04. The van der Waals surface area contributed by atoms with Crippen molar-refractivity contribution < 1.29 is 9.47 Å². The number of ether oxygens (including phenoxy) is 2. The summed E-state index contributed by atoms with van der Waals surface area (Å²) in [5.41, 5.74) is 0. The van der Waals surface area contributed by atoms with Crippen molar-refractivity contribution in [2.75, 3.05) is 13.2 Å². The summed E-state index contributed by atoms with van der Waals surface area (Å²) in [6, 6.07) is 0. The van der Waals surface area contributed by atoms with E-state index in [0.717, 1.165) is 0 Å². The maximum absolute atomic E-state index is 4.89. The van der Waals surface area contributed by atoms with Gasteiger partial charge in [0.25, 0.3) is 0 Å². The monoisotopic (exact) mass is 178 g/mol. The van der Waals surface area contributed by atoms with E-state index in [1.165, 1.54) is 23.3 Å². The van der Waals surface area contributed by atoms with Crippen molar-refractivity contribution in [2.24, 2.45) is 0 Å². The largest absolute Gasteiger partial charge is 0.497 e. The van der Waals surface area contributed by atoms with Gasteiger partial charge in [0.2, 0.25) is 0 Å². The number of hydrogen-bond acceptors (Lipinski definition) is 4. The van der Waals surface area contributed by atoms with E-state index in [-0.39, 0.29) is 0 Å². The molecule has 10 heavy (non-hydrogen) atoms. The van der Waals surface area contributed by atoms with Crippen LogP contribution in [0.3, 0.4) is 0 Å². The molecule has 0 aromatic rings. The molecule has 0 heterocycles. The second kappa shape index (κ2) is 8.78. The first-order valence-electron chi connectivity index (χ1n) is 2.73. The molecule has 4 heteroatoms. The molecule has 0 saturated heterocycles. The molecule has 0 bridgehead atoms. The van der Waals surface area contributed by atoms with Gasteiger partial charge in [0.15, 0.2) is 0 Å². The van der Waals surface area contributed by atoms with Crippen LogP contribution in [0.15, 0.2) is 23.3 Å². The summed E-state index contributed by atoms with van der Waals surface area (Å²) in [7, 11) is 0. The average Bonchev–Trinajstić information content (AvgIpc) is 1.97. The lowest BCUT2D eigenvalue weighted by Crippen LogP contribution is -1.95. The van der Waals surface area contributed by atoms with Gasteiger partial charge in [-0.3, -0.25) is 0 Å². The fourth-order valence-electron chi connectivity index (χ4n) is 0.318. The predicted molar refractivity (Wildman–Crippen MR) is 48.2 cm³/mol. The molecule has 0 spiro atoms. The van der Waals surface area contributed by atoms with Crippen molar-refractivity contribution >= 4 is 25.3 Å². The van der Waals surface area contributed by atoms with E-state index in [9.17, 15) is 0 Å². The summed E-state index contributed by atoms with van der Waals surface area (Å²) in [4.78, 5) is 0. The van der Waals surface area contributed by atoms with Crippen LogP contribution in [0.4, 0.5) is 0 Å². The molecule has 0 radical (unpaired) electrons. The molecule has 0 aliphatic heterocycles. The first kappa shape index (κ1) is 9.78. The SMILES string of the molecule is S/C=C/OCCO/C=C/S. The Morgan fingerprint density at radius 1 is 0.900 bits per heavy atom. The molecule has 0 amide bonds. The minimum absolute atomic E-state index is 0.523. The Bertz CT molecular complexity index is 98.3. The van der Waals surface area contributed by atoms with Gasteiger partial charge < -0.3 is 9.47 Å². The Kier molecular flexibility index (Phi) is 8.59. The molecule has 0 fully saturated rings. The van der Waals surface area contributed by atoms with E-state index in [4.69, 9.17) is 9.47 Å². The third-order valence-electron chi connectivity index (χ3n) is 0.633. The first-order chi connectivity index (χ1) is 4.91. The van der Waals surface area contributed by atoms with Crippen LogP contribution in [0.25, 0.3) is 0 Å². The molecule has 0 aromatic carbocycles. The topological polar surface area (TPSA) is 18.5 Å². The van der Waals surface area contributed by atoms with Gasteiger partial charge in [-0.1, -0.05) is 0 Å². The van der Waals surface area contributed by atoms with Gasteiger partial charge in [-0.2, -0.15) is 0 Å². The lowest BCUT2D eigenvalue weighted by atomic mass is 10.8. The zero-order chi connectivity index (χ0) is 7.66. The third-order valence-corrected chi connectivity index (χ3v) is 0.877. The van der Waals surface area contributed by atoms with Crippen molar-refractivity contribution in [3.63, 3.8) is 0 Å². The van der Waals surface area contributed by atoms with E-state index >= 15 is 0 Å². The van der Waals surface area contributed by atoms with E-state index in [1.807, 2.05) is 0 Å². The predicted octanol–water partition coefficient (Wildman–Crippen LogP) is 1.82. The highest BCUT2D eigenvalue weighted by Crippen LogP contribution is 1.84. The molecule has 0 unspecified atom stereocenters. The lowest BCUT2D eigenvalue weighted by Gasteiger charge is -1.98. The normalized spacial score (nSPS) is 11.0. The third kappa shape index (κ3) is 7.78. The zero-order valence-electron chi connectivity index (χ0n) is 5.43. The van der Waals surface area contributed by atoms with Crippen molar-refractivity contribution in [3.8, 4) is 0 Å². The van der Waals surface area contributed by atoms with Crippen LogP contribution >= 0.6 is 25.3 Å². The van der Waals surface area contributed by atoms with Crippen molar-refractivity contribution in [2.45, 2.75) is 0 Å². The molecule has 2 nitrogen and oxygen atoms in total. The molecular weight excluding hydrogens is 168 g/mol. The Labute approximate surface area is 71.7 Å². The van der Waals surface area contributed by atoms with Crippen LogP contribution in [-0.4, -0.2) is 13.2 Å². The Morgan fingerprint density at radius 3 is 1.60 bits per heavy atom. The Balaban J connectivity index is 2.90. The highest BCUT2D eigenvalue weighted by molar-refractivity contribution is 7.83. The van der Waals surface area contributed by atoms with E-state index in [2.05, 4.69) is 25.3 Å². The summed E-state index contributed by atoms with van der Waals surface area (Å²) < 4.78 is 9.78. The average molecular weight is 178 g/mol. The molecule has 0 aromatic heterocycles. The van der Waals surface area contributed by atoms with Crippen LogP contribution in [0, 0.1) is 0 Å². The maximum atomic E-state index is 4.89. The summed E-state index contributed by atoms with van der Waals surface area (Å²) in [5.74, 6) is 0. The fraction of sp³-hybridized carbons (Fsp3) is 0.333. The molecule has 0 saturated carbocycles. The quantitative estimate of drug-likeness (QED) is 0.380. The first-order valence-corrected chi connectivity index (χ1v) is 3.76. The van der Waals surface area contributed by atoms with E-state index in [1.54, 1.807) is 0 Å². The van der Waals surface area contributed by atoms with Crippen LogP contribution in [0.1, 0.15) is 0 Å². The number of rotatable bonds is 5. The highest BCUT2D eigenvalue weighted by atomic mass is 32.1. The second-order valence-electron chi connectivity index (χ2n) is 1.31. The molecule has 0 aliphatic carbocycles. The lowest BCUT2D eigenvalue weighted by molar-refractivity contribution is 0.150. The van der Waals surface area contributed by atoms with Gasteiger partial charge in [0.05, 0.1) is 12.5 Å². The standard InChI is InChI=1S/C6H10O2S2/c9-5-3-7-1-2-8-4-6-10/h3-6,9-10H,1-2H2/b5-3+,6-4+. The molecule has 0 rings (SSSR count). The van der Waals surface area contributed by atoms with Crippen LogP contribution < -0.4 is 0 Å². The van der Waals surface area contributed by atoms with E-state index in [0.29, 0.717) is 13.2 Å². The number of thiol groups is 2. The van der Waals surface area contributed by atoms with Gasteiger partial charge in [0, 0.05) is 10.8 Å². The van der Waals surface area contributed by atoms with Crippen LogP contribution in [0.5, 0.6) is 0 Å². The zero-order valence-corrected chi connectivity index (χ0v) is 7.22. The summed E-state index contributed by atoms with van der Waals surface area (Å²) >= 11 is 7.58. The van der Waals surface area contributed by atoms with Gasteiger partial charge in [-0.05, 0) is 0 Å². The molecule has 0 atom stereocenters. The minimum atomic E-state index is 0.523. The Morgan fingerprint density at radius 2 is 1.30 bits per heavy atom. The summed E-state index contributed by atoms with van der Waals surface area (Å²) in [6.07, 6.45) is 2.99. The van der Waals surface area contributed by atoms with Gasteiger partial charge in [0.1, 0.15) is 13.2 Å². The second-order valence-corrected chi connectivity index (χ2v) is 1.91. The van der Waals surface area contributed by atoms with Crippen molar-refractivity contribution in [3.05, 3.63) is 23.3 Å². The molecule has 58 valence electrons. The highest BCUT2D eigenvalue weighted by Gasteiger charge is 1.79.